The quantitative estimate of drug-likeness (QED) is 0.0455. The fourth-order valence-electron chi connectivity index (χ4n) is 5.72. The van der Waals surface area contributed by atoms with E-state index in [2.05, 4.69) is 32.6 Å². The average Bonchev–Trinajstić information content (AvgIpc) is 3.55. The van der Waals surface area contributed by atoms with Gasteiger partial charge in [-0.3, -0.25) is 0 Å². The molecule has 2 unspecified atom stereocenters. The third-order valence-electron chi connectivity index (χ3n) is 8.62. The standard InChI is InChI=1S/C38H66N4O6S/c1-2-3-4-5-6-7-8-9-10-11-12-13-14-15-16-20-29-47-33-36(48-38-39-23-21-24-40-38)34-49(45)32-31-46-30-28-42-27-26-41(35-42)25-19-17-18-22-37(43)44/h21,23-27,36H,2-20,22,28-35H2,1H3. The largest absolute Gasteiger partial charge is 0.616 e. The highest BCUT2D eigenvalue weighted by Crippen LogP contribution is 2.14. The van der Waals surface area contributed by atoms with Gasteiger partial charge in [-0.25, -0.2) is 9.97 Å². The summed E-state index contributed by atoms with van der Waals surface area (Å²) < 4.78 is 32.6. The van der Waals surface area contributed by atoms with E-state index in [9.17, 15) is 14.5 Å². The molecule has 49 heavy (non-hydrogen) atoms. The van der Waals surface area contributed by atoms with Gasteiger partial charge in [0.25, 0.3) is 0 Å². The molecule has 0 aromatic carbocycles. The number of unbranched alkanes of at least 4 members (excludes halogenated alkanes) is 17. The molecule has 0 fully saturated rings. The van der Waals surface area contributed by atoms with Crippen molar-refractivity contribution in [3.8, 4) is 6.01 Å². The molecule has 10 nitrogen and oxygen atoms in total. The number of nitrogens with zero attached hydrogens (tertiary/aromatic N) is 4. The predicted molar refractivity (Wildman–Crippen MR) is 196 cm³/mol. The van der Waals surface area contributed by atoms with Gasteiger partial charge < -0.3 is 33.6 Å². The predicted octanol–water partition coefficient (Wildman–Crippen LogP) is 6.41. The van der Waals surface area contributed by atoms with Gasteiger partial charge in [-0.1, -0.05) is 103 Å². The molecular weight excluding hydrogens is 641 g/mol. The van der Waals surface area contributed by atoms with Crippen LogP contribution in [0.5, 0.6) is 6.01 Å². The van der Waals surface area contributed by atoms with Gasteiger partial charge in [-0.15, -0.1) is 0 Å². The first-order valence-electron chi connectivity index (χ1n) is 19.2. The van der Waals surface area contributed by atoms with Crippen LogP contribution in [0.3, 0.4) is 0 Å². The van der Waals surface area contributed by atoms with E-state index >= 15 is 0 Å². The third-order valence-corrected chi connectivity index (χ3v) is 9.99. The Morgan fingerprint density at radius 2 is 1.51 bits per heavy atom. The molecule has 0 saturated carbocycles. The molecule has 2 atom stereocenters. The van der Waals surface area contributed by atoms with Crippen LogP contribution in [0.4, 0.5) is 0 Å². The molecule has 1 aromatic heterocycles. The first-order chi connectivity index (χ1) is 24.1. The summed E-state index contributed by atoms with van der Waals surface area (Å²) in [6.45, 7) is 5.74. The average molecular weight is 707 g/mol. The van der Waals surface area contributed by atoms with Crippen molar-refractivity contribution in [2.75, 3.05) is 51.1 Å². The van der Waals surface area contributed by atoms with Gasteiger partial charge >= 0.3 is 6.01 Å². The van der Waals surface area contributed by atoms with Crippen molar-refractivity contribution >= 4 is 23.4 Å². The molecule has 280 valence electrons. The van der Waals surface area contributed by atoms with Gasteiger partial charge in [0.2, 0.25) is 6.67 Å². The first kappa shape index (κ1) is 43.0. The van der Waals surface area contributed by atoms with Crippen molar-refractivity contribution in [1.29, 1.82) is 0 Å². The molecule has 2 heterocycles. The normalized spacial score (nSPS) is 14.9. The summed E-state index contributed by atoms with van der Waals surface area (Å²) in [6.07, 6.45) is 32.9. The molecule has 0 bridgehead atoms. The number of carbonyl (C=O) groups is 1. The van der Waals surface area contributed by atoms with Crippen molar-refractivity contribution in [3.05, 3.63) is 30.9 Å². The van der Waals surface area contributed by atoms with Gasteiger partial charge in [0.1, 0.15) is 17.7 Å². The second kappa shape index (κ2) is 30.6. The highest BCUT2D eigenvalue weighted by molar-refractivity contribution is 7.91. The lowest BCUT2D eigenvalue weighted by atomic mass is 10.0. The van der Waals surface area contributed by atoms with E-state index in [-0.39, 0.29) is 18.5 Å². The molecule has 11 heteroatoms. The summed E-state index contributed by atoms with van der Waals surface area (Å²) in [5, 5.41) is 10.5. The van der Waals surface area contributed by atoms with Crippen LogP contribution >= 0.6 is 0 Å². The summed E-state index contributed by atoms with van der Waals surface area (Å²) in [7, 11) is 0. The maximum atomic E-state index is 12.9. The third kappa shape index (κ3) is 25.4. The van der Waals surface area contributed by atoms with Crippen LogP contribution in [0.1, 0.15) is 135 Å². The second-order valence-electron chi connectivity index (χ2n) is 13.1. The molecule has 0 spiro atoms. The zero-order valence-corrected chi connectivity index (χ0v) is 31.3. The van der Waals surface area contributed by atoms with Gasteiger partial charge in [-0.2, -0.15) is 4.58 Å². The molecule has 1 aromatic rings. The minimum atomic E-state index is -1.13. The lowest BCUT2D eigenvalue weighted by Crippen LogP contribution is -2.34. The number of aromatic nitrogens is 2. The molecule has 0 amide bonds. The summed E-state index contributed by atoms with van der Waals surface area (Å²) in [4.78, 5) is 21.0. The Balaban J connectivity index is 1.49. The highest BCUT2D eigenvalue weighted by Gasteiger charge is 2.21. The Kier molecular flexibility index (Phi) is 26.8. The SMILES string of the molecule is CCCCCCCCCCCCCCCCCCOCC(C[S+]([O-])CCOCCN1C=C[N+](=CCCCCC(=O)[O-])C1)Oc1ncccn1. The number of rotatable bonds is 34. The van der Waals surface area contributed by atoms with E-state index in [1.54, 1.807) is 18.5 Å². The van der Waals surface area contributed by atoms with Crippen molar-refractivity contribution in [2.24, 2.45) is 0 Å². The summed E-state index contributed by atoms with van der Waals surface area (Å²) in [5.41, 5.74) is 0. The Morgan fingerprint density at radius 1 is 0.878 bits per heavy atom. The molecular formula is C38H66N4O6S. The van der Waals surface area contributed by atoms with Crippen LogP contribution in [0.15, 0.2) is 30.9 Å². The lowest BCUT2D eigenvalue weighted by Gasteiger charge is -2.20. The number of hydrogen-bond donors (Lipinski definition) is 0. The fourth-order valence-corrected chi connectivity index (χ4v) is 6.77. The van der Waals surface area contributed by atoms with Gasteiger partial charge in [0.15, 0.2) is 12.3 Å². The number of carbonyl (C=O) groups excluding carboxylic acids is 1. The zero-order valence-electron chi connectivity index (χ0n) is 30.5. The van der Waals surface area contributed by atoms with Crippen LogP contribution in [-0.2, 0) is 25.4 Å². The monoisotopic (exact) mass is 706 g/mol. The fraction of sp³-hybridized carbons (Fsp3) is 0.789. The Labute approximate surface area is 300 Å². The summed E-state index contributed by atoms with van der Waals surface area (Å²) in [6, 6.07) is 2.01. The van der Waals surface area contributed by atoms with Crippen LogP contribution in [-0.4, -0.2) is 93.4 Å². The topological polar surface area (TPSA) is 123 Å². The van der Waals surface area contributed by atoms with Crippen LogP contribution in [0, 0.1) is 0 Å². The Bertz CT molecular complexity index is 986. The van der Waals surface area contributed by atoms with Crippen LogP contribution < -0.4 is 9.84 Å². The molecule has 0 saturated heterocycles. The van der Waals surface area contributed by atoms with E-state index in [0.717, 1.165) is 32.5 Å². The molecule has 2 rings (SSSR count). The Hall–Kier alpha value is -2.21. The molecule has 0 radical (unpaired) electrons. The smallest absolute Gasteiger partial charge is 0.316 e. The Morgan fingerprint density at radius 3 is 2.14 bits per heavy atom. The summed E-state index contributed by atoms with van der Waals surface area (Å²) in [5.74, 6) is -0.227. The van der Waals surface area contributed by atoms with Crippen molar-refractivity contribution < 1.29 is 33.2 Å². The summed E-state index contributed by atoms with van der Waals surface area (Å²) >= 11 is -1.13. The molecule has 1 aliphatic rings. The van der Waals surface area contributed by atoms with Gasteiger partial charge in [0.05, 0.1) is 26.0 Å². The molecule has 0 aliphatic carbocycles. The minimum absolute atomic E-state index is 0.112. The van der Waals surface area contributed by atoms with E-state index in [1.165, 1.54) is 96.3 Å². The van der Waals surface area contributed by atoms with Crippen LogP contribution in [0.2, 0.25) is 0 Å². The number of aliphatic carboxylic acids is 1. The molecule has 0 N–H and O–H groups in total. The number of ether oxygens (including phenoxy) is 3. The molecule has 1 aliphatic heterocycles. The number of carboxylic acids is 1. The van der Waals surface area contributed by atoms with E-state index in [4.69, 9.17) is 14.2 Å². The van der Waals surface area contributed by atoms with Crippen molar-refractivity contribution in [2.45, 2.75) is 141 Å². The van der Waals surface area contributed by atoms with Gasteiger partial charge in [0, 0.05) is 37.9 Å². The zero-order chi connectivity index (χ0) is 35.0. The van der Waals surface area contributed by atoms with Gasteiger partial charge in [-0.05, 0) is 42.9 Å². The number of carboxylic acid groups (broad SMARTS) is 1. The maximum Gasteiger partial charge on any atom is 0.316 e. The van der Waals surface area contributed by atoms with E-state index in [0.29, 0.717) is 44.4 Å². The maximum absolute atomic E-state index is 12.9. The minimum Gasteiger partial charge on any atom is -0.616 e. The van der Waals surface area contributed by atoms with Crippen molar-refractivity contribution in [3.63, 3.8) is 0 Å². The highest BCUT2D eigenvalue weighted by atomic mass is 32.2. The number of hydrogen-bond acceptors (Lipinski definition) is 9. The second-order valence-corrected chi connectivity index (χ2v) is 14.8. The van der Waals surface area contributed by atoms with E-state index in [1.807, 2.05) is 12.4 Å². The lowest BCUT2D eigenvalue weighted by molar-refractivity contribution is -0.460. The van der Waals surface area contributed by atoms with Crippen LogP contribution in [0.25, 0.3) is 0 Å². The van der Waals surface area contributed by atoms with Crippen molar-refractivity contribution in [1.82, 2.24) is 14.9 Å². The first-order valence-corrected chi connectivity index (χ1v) is 20.7. The van der Waals surface area contributed by atoms with E-state index < -0.39 is 17.1 Å².